The second-order valence-electron chi connectivity index (χ2n) is 7.77. The molecule has 0 aliphatic carbocycles. The van der Waals surface area contributed by atoms with Crippen LogP contribution in [-0.2, 0) is 11.3 Å². The number of nitrogens with one attached hydrogen (secondary N) is 3. The molecule has 5 heteroatoms. The van der Waals surface area contributed by atoms with Crippen LogP contribution in [0.25, 0.3) is 0 Å². The van der Waals surface area contributed by atoms with Gasteiger partial charge in [-0.15, -0.1) is 0 Å². The van der Waals surface area contributed by atoms with Crippen LogP contribution in [0.4, 0.5) is 0 Å². The topological polar surface area (TPSA) is 47.2 Å². The fraction of sp³-hybridized carbons (Fsp3) is 0.650. The summed E-state index contributed by atoms with van der Waals surface area (Å²) in [6, 6.07) is 6.63. The summed E-state index contributed by atoms with van der Waals surface area (Å²) in [5.74, 6) is 1.64. The van der Waals surface area contributed by atoms with Gasteiger partial charge in [-0.3, -0.25) is 4.79 Å². The number of carbonyl (C=O) groups excluding carboxylic acids is 1. The summed E-state index contributed by atoms with van der Waals surface area (Å²) >= 11 is 0. The molecule has 1 heterocycles. The van der Waals surface area contributed by atoms with Crippen molar-refractivity contribution in [3.8, 4) is 5.75 Å². The molecule has 0 bridgehead atoms. The number of rotatable bonds is 7. The highest BCUT2D eigenvalue weighted by Crippen LogP contribution is 2.18. The smallest absolute Gasteiger partial charge is 0.275 e. The van der Waals surface area contributed by atoms with Gasteiger partial charge in [-0.05, 0) is 31.9 Å². The van der Waals surface area contributed by atoms with Gasteiger partial charge in [0, 0.05) is 11.6 Å². The molecule has 1 atom stereocenters. The Morgan fingerprint density at radius 1 is 1.16 bits per heavy atom. The Kier molecular flexibility index (Phi) is 7.26. The first-order valence-corrected chi connectivity index (χ1v) is 9.49. The van der Waals surface area contributed by atoms with E-state index in [0.717, 1.165) is 38.5 Å². The van der Waals surface area contributed by atoms with Crippen LogP contribution in [0.15, 0.2) is 18.2 Å². The van der Waals surface area contributed by atoms with Crippen molar-refractivity contribution in [2.75, 3.05) is 39.8 Å². The highest BCUT2D eigenvalue weighted by Gasteiger charge is 2.26. The van der Waals surface area contributed by atoms with Crippen molar-refractivity contribution in [2.45, 2.75) is 40.3 Å². The highest BCUT2D eigenvalue weighted by atomic mass is 16.5. The molecule has 1 aromatic rings. The molecule has 1 fully saturated rings. The summed E-state index contributed by atoms with van der Waals surface area (Å²) < 4.78 is 5.50. The second kappa shape index (κ2) is 9.20. The van der Waals surface area contributed by atoms with E-state index in [1.54, 1.807) is 12.0 Å². The number of carbonyl (C=O) groups is 1. The summed E-state index contributed by atoms with van der Waals surface area (Å²) in [5, 5.41) is 3.12. The average Bonchev–Trinajstić information content (AvgIpc) is 2.56. The largest absolute Gasteiger partial charge is 0.496 e. The van der Waals surface area contributed by atoms with E-state index >= 15 is 0 Å². The zero-order valence-corrected chi connectivity index (χ0v) is 16.4. The molecule has 1 aliphatic heterocycles. The molecule has 1 amide bonds. The van der Waals surface area contributed by atoms with Crippen molar-refractivity contribution < 1.29 is 19.3 Å². The molecule has 0 saturated carbocycles. The Morgan fingerprint density at radius 3 is 2.40 bits per heavy atom. The van der Waals surface area contributed by atoms with E-state index in [2.05, 4.69) is 51.2 Å². The summed E-state index contributed by atoms with van der Waals surface area (Å²) in [5.41, 5.74) is 2.56. The van der Waals surface area contributed by atoms with Crippen molar-refractivity contribution in [1.82, 2.24) is 5.32 Å². The molecule has 5 nitrogen and oxygen atoms in total. The first-order valence-electron chi connectivity index (χ1n) is 9.49. The number of ether oxygens (including phenoxy) is 1. The van der Waals surface area contributed by atoms with E-state index < -0.39 is 0 Å². The Labute approximate surface area is 152 Å². The molecule has 0 radical (unpaired) electrons. The third-order valence-corrected chi connectivity index (χ3v) is 5.34. The van der Waals surface area contributed by atoms with E-state index in [-0.39, 0.29) is 11.9 Å². The van der Waals surface area contributed by atoms with Gasteiger partial charge < -0.3 is 19.9 Å². The lowest BCUT2D eigenvalue weighted by atomic mass is 10.1. The lowest BCUT2D eigenvalue weighted by Crippen LogP contribution is -3.28. The van der Waals surface area contributed by atoms with Gasteiger partial charge in [0.2, 0.25) is 0 Å². The van der Waals surface area contributed by atoms with Crippen molar-refractivity contribution in [1.29, 1.82) is 0 Å². The van der Waals surface area contributed by atoms with E-state index in [4.69, 9.17) is 4.74 Å². The van der Waals surface area contributed by atoms with E-state index in [1.807, 2.05) is 0 Å². The molecule has 0 aromatic heterocycles. The van der Waals surface area contributed by atoms with E-state index in [9.17, 15) is 4.79 Å². The SMILES string of the molecule is COc1ccc(C)cc1C[NH+]1CC[NH+](CC(=O)N[C@H](C)C(C)C)CC1. The lowest BCUT2D eigenvalue weighted by Gasteiger charge is -2.30. The summed E-state index contributed by atoms with van der Waals surface area (Å²) in [7, 11) is 1.74. The van der Waals surface area contributed by atoms with Crippen molar-refractivity contribution in [3.63, 3.8) is 0 Å². The number of quaternary nitrogens is 2. The average molecular weight is 350 g/mol. The van der Waals surface area contributed by atoms with Crippen molar-refractivity contribution >= 4 is 5.91 Å². The molecule has 0 spiro atoms. The predicted octanol–water partition coefficient (Wildman–Crippen LogP) is -0.552. The van der Waals surface area contributed by atoms with Crippen LogP contribution in [0.2, 0.25) is 0 Å². The molecular formula is C20H35N3O2+2. The molecule has 1 saturated heterocycles. The van der Waals surface area contributed by atoms with Gasteiger partial charge in [0.05, 0.1) is 7.11 Å². The number of aryl methyl sites for hydroxylation is 1. The van der Waals surface area contributed by atoms with Gasteiger partial charge in [-0.2, -0.15) is 0 Å². The third kappa shape index (κ3) is 6.01. The van der Waals surface area contributed by atoms with Gasteiger partial charge in [0.25, 0.3) is 5.91 Å². The van der Waals surface area contributed by atoms with Gasteiger partial charge in [-0.25, -0.2) is 0 Å². The molecule has 1 aliphatic rings. The van der Waals surface area contributed by atoms with Gasteiger partial charge in [0.1, 0.15) is 38.5 Å². The van der Waals surface area contributed by atoms with Crippen LogP contribution in [0.5, 0.6) is 5.75 Å². The van der Waals surface area contributed by atoms with Gasteiger partial charge in [-0.1, -0.05) is 25.5 Å². The van der Waals surface area contributed by atoms with E-state index in [0.29, 0.717) is 12.5 Å². The molecule has 140 valence electrons. The maximum atomic E-state index is 12.2. The summed E-state index contributed by atoms with van der Waals surface area (Å²) in [6.45, 7) is 14.4. The number of hydrogen-bond donors (Lipinski definition) is 3. The maximum Gasteiger partial charge on any atom is 0.275 e. The standard InChI is InChI=1S/C20H33N3O2/c1-15(2)17(4)21-20(24)14-23-10-8-22(9-11-23)13-18-12-16(3)6-7-19(18)25-5/h6-7,12,15,17H,8-11,13-14H2,1-5H3,(H,21,24)/p+2/t17-/m1/s1. The quantitative estimate of drug-likeness (QED) is 0.619. The van der Waals surface area contributed by atoms with Crippen molar-refractivity contribution in [2.24, 2.45) is 5.92 Å². The monoisotopic (exact) mass is 349 g/mol. The highest BCUT2D eigenvalue weighted by molar-refractivity contribution is 5.77. The van der Waals surface area contributed by atoms with Crippen LogP contribution in [0, 0.1) is 12.8 Å². The normalized spacial score (nSPS) is 21.8. The van der Waals surface area contributed by atoms with Crippen LogP contribution in [-0.4, -0.2) is 51.8 Å². The minimum Gasteiger partial charge on any atom is -0.496 e. The second-order valence-corrected chi connectivity index (χ2v) is 7.77. The molecule has 2 rings (SSSR count). The first-order chi connectivity index (χ1) is 11.9. The zero-order chi connectivity index (χ0) is 18.4. The molecule has 0 unspecified atom stereocenters. The Balaban J connectivity index is 1.80. The predicted molar refractivity (Wildman–Crippen MR) is 100 cm³/mol. The summed E-state index contributed by atoms with van der Waals surface area (Å²) in [6.07, 6.45) is 0. The molecule has 25 heavy (non-hydrogen) atoms. The van der Waals surface area contributed by atoms with Crippen LogP contribution in [0.3, 0.4) is 0 Å². The molecule has 3 N–H and O–H groups in total. The minimum absolute atomic E-state index is 0.181. The van der Waals surface area contributed by atoms with Gasteiger partial charge >= 0.3 is 0 Å². The number of hydrogen-bond acceptors (Lipinski definition) is 2. The number of amides is 1. The number of benzene rings is 1. The third-order valence-electron chi connectivity index (χ3n) is 5.34. The number of piperazine rings is 1. The van der Waals surface area contributed by atoms with Crippen LogP contribution >= 0.6 is 0 Å². The van der Waals surface area contributed by atoms with Crippen molar-refractivity contribution in [3.05, 3.63) is 29.3 Å². The minimum atomic E-state index is 0.181. The zero-order valence-electron chi connectivity index (χ0n) is 16.4. The van der Waals surface area contributed by atoms with Crippen LogP contribution < -0.4 is 19.9 Å². The van der Waals surface area contributed by atoms with Crippen LogP contribution in [0.1, 0.15) is 31.9 Å². The fourth-order valence-corrected chi connectivity index (χ4v) is 3.32. The Morgan fingerprint density at radius 2 is 1.80 bits per heavy atom. The fourth-order valence-electron chi connectivity index (χ4n) is 3.32. The lowest BCUT2D eigenvalue weighted by molar-refractivity contribution is -1.02. The van der Waals surface area contributed by atoms with E-state index in [1.165, 1.54) is 16.0 Å². The Hall–Kier alpha value is -1.59. The van der Waals surface area contributed by atoms with Gasteiger partial charge in [0.15, 0.2) is 6.54 Å². The Bertz CT molecular complexity index is 566. The molecular weight excluding hydrogens is 314 g/mol. The number of methoxy groups -OCH3 is 1. The summed E-state index contributed by atoms with van der Waals surface area (Å²) in [4.78, 5) is 15.1. The maximum absolute atomic E-state index is 12.2. The molecule has 1 aromatic carbocycles. The first kappa shape index (κ1) is 19.7.